The van der Waals surface area contributed by atoms with Gasteiger partial charge in [-0.1, -0.05) is 6.07 Å². The lowest BCUT2D eigenvalue weighted by Crippen LogP contribution is -2.35. The van der Waals surface area contributed by atoms with Gasteiger partial charge >= 0.3 is 21.6 Å². The zero-order valence-electron chi connectivity index (χ0n) is 13.0. The largest absolute Gasteiger partial charge is 0.534 e. The number of hydrogen-bond donors (Lipinski definition) is 2. The first-order valence-corrected chi connectivity index (χ1v) is 9.37. The van der Waals surface area contributed by atoms with Gasteiger partial charge in [-0.05, 0) is 25.3 Å². The molecule has 2 N–H and O–H groups in total. The zero-order chi connectivity index (χ0) is 19.4. The number of halogens is 3. The van der Waals surface area contributed by atoms with Crippen LogP contribution in [-0.4, -0.2) is 49.0 Å². The van der Waals surface area contributed by atoms with Crippen molar-refractivity contribution in [2.75, 3.05) is 12.0 Å². The third-order valence-electron chi connectivity index (χ3n) is 2.76. The molecule has 0 aromatic heterocycles. The summed E-state index contributed by atoms with van der Waals surface area (Å²) in [6, 6.07) is 2.42. The van der Waals surface area contributed by atoms with Crippen molar-refractivity contribution in [1.29, 1.82) is 0 Å². The second-order valence-electron chi connectivity index (χ2n) is 4.80. The van der Waals surface area contributed by atoms with Crippen LogP contribution < -0.4 is 9.50 Å². The molecule has 1 unspecified atom stereocenters. The number of carbonyl (C=O) groups excluding carboxylic acids is 1. The molecule has 0 spiro atoms. The van der Waals surface area contributed by atoms with Gasteiger partial charge in [0.1, 0.15) is 5.56 Å². The first kappa shape index (κ1) is 21.1. The summed E-state index contributed by atoms with van der Waals surface area (Å²) in [4.78, 5) is 23.5. The SMILES string of the molecule is CSCC(C)NC(=O)c1cccc(OS(=O)(=O)C(F)(F)F)c1C(=O)O. The highest BCUT2D eigenvalue weighted by Gasteiger charge is 2.49. The fraction of sp³-hybridized carbons (Fsp3) is 0.385. The Kier molecular flexibility index (Phi) is 6.71. The van der Waals surface area contributed by atoms with Crippen molar-refractivity contribution < 1.29 is 40.5 Å². The highest BCUT2D eigenvalue weighted by Crippen LogP contribution is 2.30. The number of carbonyl (C=O) groups is 2. The van der Waals surface area contributed by atoms with Crippen molar-refractivity contribution in [2.24, 2.45) is 0 Å². The van der Waals surface area contributed by atoms with Gasteiger partial charge in [0.15, 0.2) is 5.75 Å². The van der Waals surface area contributed by atoms with Gasteiger partial charge in [0.05, 0.1) is 5.56 Å². The minimum atomic E-state index is -6.08. The molecule has 0 heterocycles. The first-order valence-electron chi connectivity index (χ1n) is 6.57. The molecule has 1 rings (SSSR count). The van der Waals surface area contributed by atoms with E-state index in [1.165, 1.54) is 11.8 Å². The van der Waals surface area contributed by atoms with E-state index in [0.29, 0.717) is 5.75 Å². The van der Waals surface area contributed by atoms with E-state index in [2.05, 4.69) is 9.50 Å². The van der Waals surface area contributed by atoms with Crippen LogP contribution in [0.2, 0.25) is 0 Å². The number of thioether (sulfide) groups is 1. The van der Waals surface area contributed by atoms with Crippen LogP contribution >= 0.6 is 11.8 Å². The molecule has 0 bridgehead atoms. The molecule has 1 aromatic rings. The van der Waals surface area contributed by atoms with Crippen molar-refractivity contribution >= 4 is 33.8 Å². The fourth-order valence-electron chi connectivity index (χ4n) is 1.77. The Morgan fingerprint density at radius 1 is 1.36 bits per heavy atom. The monoisotopic (exact) mass is 401 g/mol. The van der Waals surface area contributed by atoms with Gasteiger partial charge in [-0.2, -0.15) is 33.4 Å². The summed E-state index contributed by atoms with van der Waals surface area (Å²) in [5, 5.41) is 11.7. The van der Waals surface area contributed by atoms with Gasteiger partial charge in [0.25, 0.3) is 5.91 Å². The molecule has 7 nitrogen and oxygen atoms in total. The molecule has 0 fully saturated rings. The molecule has 0 radical (unpaired) electrons. The van der Waals surface area contributed by atoms with Crippen LogP contribution in [0, 0.1) is 0 Å². The van der Waals surface area contributed by atoms with E-state index in [-0.39, 0.29) is 6.04 Å². The number of hydrogen-bond acceptors (Lipinski definition) is 6. The van der Waals surface area contributed by atoms with Crippen LogP contribution in [0.25, 0.3) is 0 Å². The number of carboxylic acids is 1. The van der Waals surface area contributed by atoms with Crippen LogP contribution in [0.15, 0.2) is 18.2 Å². The van der Waals surface area contributed by atoms with Gasteiger partial charge in [0, 0.05) is 11.8 Å². The van der Waals surface area contributed by atoms with Crippen LogP contribution in [0.5, 0.6) is 5.75 Å². The molecule has 0 saturated carbocycles. The van der Waals surface area contributed by atoms with E-state index in [1.807, 2.05) is 0 Å². The second-order valence-corrected chi connectivity index (χ2v) is 7.25. The maximum atomic E-state index is 12.4. The maximum absolute atomic E-state index is 12.4. The van der Waals surface area contributed by atoms with Gasteiger partial charge in [-0.3, -0.25) is 4.79 Å². The number of alkyl halides is 3. The van der Waals surface area contributed by atoms with Crippen LogP contribution in [-0.2, 0) is 10.1 Å². The molecule has 0 aliphatic rings. The average Bonchev–Trinajstić information content (AvgIpc) is 2.45. The number of nitrogens with one attached hydrogen (secondary N) is 1. The molecule has 12 heteroatoms. The van der Waals surface area contributed by atoms with E-state index < -0.39 is 44.4 Å². The van der Waals surface area contributed by atoms with Crippen molar-refractivity contribution in [1.82, 2.24) is 5.32 Å². The average molecular weight is 401 g/mol. The molecule has 0 aliphatic carbocycles. The summed E-state index contributed by atoms with van der Waals surface area (Å²) in [5.41, 5.74) is -7.24. The normalized spacial score (nSPS) is 13.2. The molecule has 0 saturated heterocycles. The van der Waals surface area contributed by atoms with E-state index in [4.69, 9.17) is 0 Å². The number of rotatable bonds is 7. The standard InChI is InChI=1S/C13H14F3NO6S2/c1-7(6-24-2)17-11(18)8-4-3-5-9(10(8)12(19)20)23-25(21,22)13(14,15)16/h3-5,7H,6H2,1-2H3,(H,17,18)(H,19,20). The lowest BCUT2D eigenvalue weighted by atomic mass is 10.1. The van der Waals surface area contributed by atoms with Crippen molar-refractivity contribution in [3.05, 3.63) is 29.3 Å². The predicted octanol–water partition coefficient (Wildman–Crippen LogP) is 2.09. The van der Waals surface area contributed by atoms with E-state index in [9.17, 15) is 36.3 Å². The number of amides is 1. The quantitative estimate of drug-likeness (QED) is 0.532. The fourth-order valence-corrected chi connectivity index (χ4v) is 2.82. The smallest absolute Gasteiger partial charge is 0.478 e. The third-order valence-corrected chi connectivity index (χ3v) is 4.56. The van der Waals surface area contributed by atoms with Gasteiger partial charge in [0.2, 0.25) is 0 Å². The number of carboxylic acid groups (broad SMARTS) is 1. The molecular formula is C13H14F3NO6S2. The van der Waals surface area contributed by atoms with Crippen molar-refractivity contribution in [3.63, 3.8) is 0 Å². The Morgan fingerprint density at radius 2 is 1.96 bits per heavy atom. The second kappa shape index (κ2) is 7.95. The Morgan fingerprint density at radius 3 is 2.44 bits per heavy atom. The topological polar surface area (TPSA) is 110 Å². The zero-order valence-corrected chi connectivity index (χ0v) is 14.6. The molecule has 25 heavy (non-hydrogen) atoms. The van der Waals surface area contributed by atoms with Crippen LogP contribution in [0.4, 0.5) is 13.2 Å². The minimum Gasteiger partial charge on any atom is -0.478 e. The summed E-state index contributed by atoms with van der Waals surface area (Å²) in [6.45, 7) is 1.64. The van der Waals surface area contributed by atoms with Crippen molar-refractivity contribution in [2.45, 2.75) is 18.5 Å². The molecule has 1 aromatic carbocycles. The lowest BCUT2D eigenvalue weighted by Gasteiger charge is -2.16. The van der Waals surface area contributed by atoms with E-state index in [0.717, 1.165) is 18.2 Å². The third kappa shape index (κ3) is 5.26. The highest BCUT2D eigenvalue weighted by molar-refractivity contribution is 7.98. The predicted molar refractivity (Wildman–Crippen MR) is 84.3 cm³/mol. The van der Waals surface area contributed by atoms with Crippen LogP contribution in [0.3, 0.4) is 0 Å². The van der Waals surface area contributed by atoms with Crippen LogP contribution in [0.1, 0.15) is 27.6 Å². The van der Waals surface area contributed by atoms with Crippen molar-refractivity contribution in [3.8, 4) is 5.75 Å². The summed E-state index contributed by atoms with van der Waals surface area (Å²) >= 11 is 1.41. The summed E-state index contributed by atoms with van der Waals surface area (Å²) in [5.74, 6) is -3.29. The van der Waals surface area contributed by atoms with E-state index in [1.54, 1.807) is 13.2 Å². The van der Waals surface area contributed by atoms with Gasteiger partial charge in [-0.15, -0.1) is 0 Å². The summed E-state index contributed by atoms with van der Waals surface area (Å²) in [6.07, 6.45) is 1.78. The number of aromatic carboxylic acids is 1. The minimum absolute atomic E-state index is 0.354. The summed E-state index contributed by atoms with van der Waals surface area (Å²) in [7, 11) is -6.08. The molecule has 1 amide bonds. The lowest BCUT2D eigenvalue weighted by molar-refractivity contribution is -0.0500. The Balaban J connectivity index is 3.31. The number of benzene rings is 1. The van der Waals surface area contributed by atoms with Gasteiger partial charge < -0.3 is 14.6 Å². The molecular weight excluding hydrogens is 387 g/mol. The Hall–Kier alpha value is -1.95. The Labute approximate surface area is 145 Å². The van der Waals surface area contributed by atoms with E-state index >= 15 is 0 Å². The highest BCUT2D eigenvalue weighted by atomic mass is 32.2. The Bertz CT molecular complexity index is 764. The molecule has 0 aliphatic heterocycles. The molecule has 1 atom stereocenters. The summed E-state index contributed by atoms with van der Waals surface area (Å²) < 4.78 is 63.4. The first-order chi connectivity index (χ1) is 11.4. The van der Waals surface area contributed by atoms with Gasteiger partial charge in [-0.25, -0.2) is 4.79 Å². The molecule has 140 valence electrons. The maximum Gasteiger partial charge on any atom is 0.534 e.